The second-order valence-electron chi connectivity index (χ2n) is 13.4. The molecule has 1 spiro atoms. The topological polar surface area (TPSA) is 12.4 Å². The normalized spacial score (nSPS) is 15.6. The van der Waals surface area contributed by atoms with Gasteiger partial charge in [-0.3, -0.25) is 4.99 Å². The highest BCUT2D eigenvalue weighted by Gasteiger charge is 2.51. The molecule has 0 saturated heterocycles. The van der Waals surface area contributed by atoms with Crippen LogP contribution in [0.25, 0.3) is 39.0 Å². The van der Waals surface area contributed by atoms with Gasteiger partial charge in [0.25, 0.3) is 0 Å². The average Bonchev–Trinajstić information content (AvgIpc) is 3.62. The summed E-state index contributed by atoms with van der Waals surface area (Å²) in [6, 6.07) is 55.5. The lowest BCUT2D eigenvalue weighted by Gasteiger charge is -2.31. The van der Waals surface area contributed by atoms with Gasteiger partial charge in [0.2, 0.25) is 0 Å². The van der Waals surface area contributed by atoms with Crippen LogP contribution in [-0.2, 0) is 12.0 Å². The van der Waals surface area contributed by atoms with Gasteiger partial charge in [0, 0.05) is 5.57 Å². The minimum absolute atomic E-state index is 0.331. The summed E-state index contributed by atoms with van der Waals surface area (Å²) in [7, 11) is 0. The van der Waals surface area contributed by atoms with Gasteiger partial charge in [-0.15, -0.1) is 0 Å². The molecule has 6 aromatic rings. The molecule has 0 aromatic heterocycles. The lowest BCUT2D eigenvalue weighted by atomic mass is 9.70. The zero-order valence-electron chi connectivity index (χ0n) is 27.7. The monoisotopic (exact) mass is 627 g/mol. The third-order valence-corrected chi connectivity index (χ3v) is 10.7. The first-order chi connectivity index (χ1) is 24.2. The highest BCUT2D eigenvalue weighted by Crippen LogP contribution is 2.62. The largest absolute Gasteiger partial charge is 0.280 e. The first kappa shape index (κ1) is 29.4. The molecule has 0 bridgehead atoms. The van der Waals surface area contributed by atoms with Gasteiger partial charge in [-0.25, -0.2) is 0 Å². The lowest BCUT2D eigenvalue weighted by molar-refractivity contribution is 0.766. The molecule has 1 heteroatoms. The van der Waals surface area contributed by atoms with E-state index in [0.29, 0.717) is 6.54 Å². The molecule has 1 nitrogen and oxygen atoms in total. The second kappa shape index (κ2) is 12.0. The van der Waals surface area contributed by atoms with E-state index in [-0.39, 0.29) is 5.41 Å². The first-order valence-corrected chi connectivity index (χ1v) is 17.4. The number of hydrogen-bond donors (Lipinski definition) is 0. The molecule has 0 fully saturated rings. The molecule has 0 N–H and O–H groups in total. The summed E-state index contributed by atoms with van der Waals surface area (Å²) in [5.74, 6) is 0. The molecule has 234 valence electrons. The van der Waals surface area contributed by atoms with E-state index in [9.17, 15) is 0 Å². The molecular weight excluding hydrogens is 591 g/mol. The van der Waals surface area contributed by atoms with Crippen LogP contribution in [0.3, 0.4) is 0 Å². The molecular formula is C48H37N. The van der Waals surface area contributed by atoms with Gasteiger partial charge in [0.15, 0.2) is 0 Å². The number of benzene rings is 6. The van der Waals surface area contributed by atoms with Crippen molar-refractivity contribution < 1.29 is 0 Å². The number of allylic oxidation sites excluding steroid dienone is 6. The van der Waals surface area contributed by atoms with E-state index in [1.165, 1.54) is 77.9 Å². The summed E-state index contributed by atoms with van der Waals surface area (Å²) in [6.45, 7) is 2.99. The van der Waals surface area contributed by atoms with E-state index >= 15 is 0 Å². The molecule has 3 aliphatic carbocycles. The van der Waals surface area contributed by atoms with Gasteiger partial charge in [-0.2, -0.15) is 0 Å². The summed E-state index contributed by atoms with van der Waals surface area (Å²) in [5.41, 5.74) is 19.0. The first-order valence-electron chi connectivity index (χ1n) is 17.4. The Morgan fingerprint density at radius 1 is 0.551 bits per heavy atom. The highest BCUT2D eigenvalue weighted by molar-refractivity contribution is 6.34. The predicted molar refractivity (Wildman–Crippen MR) is 206 cm³/mol. The van der Waals surface area contributed by atoms with E-state index in [1.807, 2.05) is 0 Å². The van der Waals surface area contributed by atoms with E-state index in [4.69, 9.17) is 4.99 Å². The number of fused-ring (bicyclic) bond motifs is 7. The van der Waals surface area contributed by atoms with Crippen LogP contribution >= 0.6 is 0 Å². The Labute approximate surface area is 289 Å². The Morgan fingerprint density at radius 3 is 1.61 bits per heavy atom. The third-order valence-electron chi connectivity index (χ3n) is 10.7. The van der Waals surface area contributed by atoms with E-state index in [0.717, 1.165) is 18.6 Å². The van der Waals surface area contributed by atoms with Gasteiger partial charge in [0.05, 0.1) is 17.7 Å². The Hall–Kier alpha value is -5.79. The van der Waals surface area contributed by atoms with E-state index in [1.54, 1.807) is 0 Å². The van der Waals surface area contributed by atoms with Crippen LogP contribution in [0, 0.1) is 0 Å². The molecule has 0 radical (unpaired) electrons. The number of hydrogen-bond acceptors (Lipinski definition) is 1. The molecule has 0 aliphatic heterocycles. The number of nitrogens with zero attached hydrogens (tertiary/aromatic N) is 1. The van der Waals surface area contributed by atoms with Crippen LogP contribution in [-0.4, -0.2) is 5.71 Å². The average molecular weight is 628 g/mol. The second-order valence-corrected chi connectivity index (χ2v) is 13.4. The molecule has 0 unspecified atom stereocenters. The molecule has 0 saturated carbocycles. The minimum Gasteiger partial charge on any atom is -0.280 e. The fourth-order valence-electron chi connectivity index (χ4n) is 8.45. The summed E-state index contributed by atoms with van der Waals surface area (Å²) in [5, 5.41) is 0. The van der Waals surface area contributed by atoms with Crippen molar-refractivity contribution in [3.63, 3.8) is 0 Å². The molecule has 49 heavy (non-hydrogen) atoms. The van der Waals surface area contributed by atoms with Gasteiger partial charge >= 0.3 is 0 Å². The van der Waals surface area contributed by atoms with Gasteiger partial charge in [0.1, 0.15) is 0 Å². The van der Waals surface area contributed by atoms with Crippen molar-refractivity contribution in [3.05, 3.63) is 209 Å². The summed E-state index contributed by atoms with van der Waals surface area (Å²) >= 11 is 0. The van der Waals surface area contributed by atoms with Crippen LogP contribution in [0.5, 0.6) is 0 Å². The number of rotatable bonds is 6. The van der Waals surface area contributed by atoms with Crippen LogP contribution in [0.15, 0.2) is 186 Å². The van der Waals surface area contributed by atoms with E-state index in [2.05, 4.69) is 177 Å². The zero-order chi connectivity index (χ0) is 32.8. The van der Waals surface area contributed by atoms with Gasteiger partial charge in [-0.1, -0.05) is 170 Å². The molecule has 9 rings (SSSR count). The van der Waals surface area contributed by atoms with Crippen LogP contribution < -0.4 is 0 Å². The SMILES string of the molecule is CC1=C(C(=NCc2ccc(-c3ccc(-c4ccccc4)cc3)cc2)C2=CC=CCC2)c2ccccc2C12c1ccccc1-c1ccccc12. The standard InChI is InChI=1S/C48H37N/c1-33-46(42-20-10-13-23-45(42)48(33)43-21-11-8-18-40(43)41-19-9-12-22-44(41)48)47(39-16-6-3-7-17-39)49-32-34-24-26-36(27-25-34)38-30-28-37(29-31-38)35-14-4-2-5-15-35/h2-6,8-16,18-31H,7,17,32H2,1H3. The Morgan fingerprint density at radius 2 is 1.04 bits per heavy atom. The van der Waals surface area contributed by atoms with Gasteiger partial charge in [-0.05, 0) is 92.1 Å². The highest BCUT2D eigenvalue weighted by atomic mass is 14.7. The van der Waals surface area contributed by atoms with E-state index < -0.39 is 0 Å². The maximum atomic E-state index is 5.52. The van der Waals surface area contributed by atoms with Crippen LogP contribution in [0.1, 0.15) is 47.6 Å². The van der Waals surface area contributed by atoms with Gasteiger partial charge < -0.3 is 0 Å². The van der Waals surface area contributed by atoms with Crippen LogP contribution in [0.2, 0.25) is 0 Å². The van der Waals surface area contributed by atoms with Crippen molar-refractivity contribution in [2.45, 2.75) is 31.7 Å². The zero-order valence-corrected chi connectivity index (χ0v) is 27.7. The third kappa shape index (κ3) is 4.72. The van der Waals surface area contributed by atoms with Crippen molar-refractivity contribution in [1.29, 1.82) is 0 Å². The fourth-order valence-corrected chi connectivity index (χ4v) is 8.45. The molecule has 0 atom stereocenters. The lowest BCUT2D eigenvalue weighted by Crippen LogP contribution is -2.26. The molecule has 0 heterocycles. The smallest absolute Gasteiger partial charge is 0.0688 e. The predicted octanol–water partition coefficient (Wildman–Crippen LogP) is 12.0. The Balaban J connectivity index is 1.12. The quantitative estimate of drug-likeness (QED) is 0.163. The Kier molecular flexibility index (Phi) is 7.20. The van der Waals surface area contributed by atoms with Crippen molar-refractivity contribution in [2.75, 3.05) is 0 Å². The fraction of sp³-hybridized carbons (Fsp3) is 0.104. The van der Waals surface area contributed by atoms with Crippen molar-refractivity contribution >= 4 is 11.3 Å². The number of aliphatic imine (C=N–C) groups is 1. The molecule has 3 aliphatic rings. The Bertz CT molecular complexity index is 2280. The van der Waals surface area contributed by atoms with Crippen LogP contribution in [0.4, 0.5) is 0 Å². The minimum atomic E-state index is -0.331. The summed E-state index contributed by atoms with van der Waals surface area (Å²) in [4.78, 5) is 5.52. The van der Waals surface area contributed by atoms with Crippen molar-refractivity contribution in [1.82, 2.24) is 0 Å². The molecule has 0 amide bonds. The maximum Gasteiger partial charge on any atom is 0.0688 e. The molecule has 6 aromatic carbocycles. The summed E-state index contributed by atoms with van der Waals surface area (Å²) in [6.07, 6.45) is 8.79. The van der Waals surface area contributed by atoms with Crippen molar-refractivity contribution in [2.24, 2.45) is 4.99 Å². The summed E-state index contributed by atoms with van der Waals surface area (Å²) < 4.78 is 0. The van der Waals surface area contributed by atoms with Crippen molar-refractivity contribution in [3.8, 4) is 33.4 Å². The maximum absolute atomic E-state index is 5.52.